The molecule has 4 nitrogen and oxygen atoms in total. The second-order valence-electron chi connectivity index (χ2n) is 14.7. The van der Waals surface area contributed by atoms with Crippen molar-refractivity contribution in [3.05, 3.63) is 212 Å². The van der Waals surface area contributed by atoms with Crippen molar-refractivity contribution < 1.29 is 0 Å². The highest BCUT2D eigenvalue weighted by Gasteiger charge is 2.21. The summed E-state index contributed by atoms with van der Waals surface area (Å²) in [7, 11) is 0. The van der Waals surface area contributed by atoms with Gasteiger partial charge in [-0.05, 0) is 72.5 Å². The minimum absolute atomic E-state index is 0.655. The molecule has 0 saturated heterocycles. The van der Waals surface area contributed by atoms with Crippen LogP contribution >= 0.6 is 0 Å². The Balaban J connectivity index is 1.15. The molecule has 10 aromatic rings. The third-order valence-corrected chi connectivity index (χ3v) is 11.1. The fourth-order valence-electron chi connectivity index (χ4n) is 8.25. The normalized spacial score (nSPS) is 11.9. The quantitative estimate of drug-likeness (QED) is 0.145. The van der Waals surface area contributed by atoms with Gasteiger partial charge in [0.25, 0.3) is 0 Å². The van der Waals surface area contributed by atoms with Gasteiger partial charge in [0.1, 0.15) is 0 Å². The maximum atomic E-state index is 5.41. The Kier molecular flexibility index (Phi) is 9.28. The summed E-state index contributed by atoms with van der Waals surface area (Å²) < 4.78 is 2.38. The van der Waals surface area contributed by atoms with E-state index in [0.717, 1.165) is 88.9 Å². The number of benzene rings is 7. The molecule has 0 N–H and O–H groups in total. The molecule has 59 heavy (non-hydrogen) atoms. The van der Waals surface area contributed by atoms with Gasteiger partial charge in [-0.15, -0.1) is 0 Å². The Hall–Kier alpha value is -7.69. The molecule has 0 unspecified atom stereocenters. The van der Waals surface area contributed by atoms with Crippen molar-refractivity contribution in [3.63, 3.8) is 0 Å². The van der Waals surface area contributed by atoms with Crippen LogP contribution in [0.2, 0.25) is 0 Å². The van der Waals surface area contributed by atoms with E-state index in [1.54, 1.807) is 0 Å². The number of allylic oxidation sites excluding steroid dienone is 4. The van der Waals surface area contributed by atoms with Crippen LogP contribution in [0.1, 0.15) is 19.4 Å². The zero-order valence-electron chi connectivity index (χ0n) is 32.9. The van der Waals surface area contributed by atoms with Crippen LogP contribution in [0.15, 0.2) is 206 Å². The Morgan fingerprint density at radius 2 is 1.05 bits per heavy atom. The Labute approximate surface area is 344 Å². The molecule has 0 aliphatic heterocycles. The van der Waals surface area contributed by atoms with Gasteiger partial charge in [-0.1, -0.05) is 170 Å². The second kappa shape index (κ2) is 15.3. The molecule has 280 valence electrons. The third kappa shape index (κ3) is 6.61. The van der Waals surface area contributed by atoms with Crippen molar-refractivity contribution in [2.75, 3.05) is 0 Å². The van der Waals surface area contributed by atoms with E-state index in [1.165, 1.54) is 11.1 Å². The van der Waals surface area contributed by atoms with Crippen LogP contribution in [0.25, 0.3) is 100 Å². The number of aromatic nitrogens is 4. The van der Waals surface area contributed by atoms with E-state index in [2.05, 4.69) is 212 Å². The zero-order chi connectivity index (χ0) is 39.7. The Bertz CT molecular complexity index is 3190. The molecule has 3 aromatic heterocycles. The number of fused-ring (bicyclic) bond motifs is 5. The van der Waals surface area contributed by atoms with Gasteiger partial charge in [0, 0.05) is 44.1 Å². The van der Waals surface area contributed by atoms with Crippen molar-refractivity contribution in [3.8, 4) is 62.0 Å². The topological polar surface area (TPSA) is 43.6 Å². The highest BCUT2D eigenvalue weighted by atomic mass is 15.0. The van der Waals surface area contributed by atoms with Gasteiger partial charge in [0.2, 0.25) is 0 Å². The van der Waals surface area contributed by atoms with E-state index >= 15 is 0 Å². The van der Waals surface area contributed by atoms with Crippen molar-refractivity contribution in [1.29, 1.82) is 0 Å². The van der Waals surface area contributed by atoms with Crippen molar-refractivity contribution in [2.24, 2.45) is 0 Å². The summed E-state index contributed by atoms with van der Waals surface area (Å²) in [6.07, 6.45) is 6.35. The van der Waals surface area contributed by atoms with Crippen LogP contribution in [0.4, 0.5) is 0 Å². The lowest BCUT2D eigenvalue weighted by molar-refractivity contribution is 1.18. The van der Waals surface area contributed by atoms with E-state index in [4.69, 9.17) is 15.0 Å². The van der Waals surface area contributed by atoms with Crippen LogP contribution < -0.4 is 0 Å². The van der Waals surface area contributed by atoms with Crippen molar-refractivity contribution in [1.82, 2.24) is 19.5 Å². The summed E-state index contributed by atoms with van der Waals surface area (Å²) in [6.45, 7) is 4.12. The predicted molar refractivity (Wildman–Crippen MR) is 247 cm³/mol. The smallest absolute Gasteiger partial charge is 0.160 e. The third-order valence-electron chi connectivity index (χ3n) is 11.1. The summed E-state index contributed by atoms with van der Waals surface area (Å²) in [5.74, 6) is 0.655. The molecular formula is C55H40N4. The molecule has 0 bridgehead atoms. The maximum Gasteiger partial charge on any atom is 0.160 e. The van der Waals surface area contributed by atoms with Crippen LogP contribution in [0.3, 0.4) is 0 Å². The number of rotatable bonds is 8. The molecule has 10 rings (SSSR count). The molecule has 0 radical (unpaired) electrons. The number of para-hydroxylation sites is 3. The molecule has 0 fully saturated rings. The maximum absolute atomic E-state index is 5.41. The van der Waals surface area contributed by atoms with Gasteiger partial charge in [0.15, 0.2) is 5.82 Å². The van der Waals surface area contributed by atoms with Gasteiger partial charge < -0.3 is 4.57 Å². The Morgan fingerprint density at radius 3 is 1.76 bits per heavy atom. The van der Waals surface area contributed by atoms with Crippen LogP contribution in [0, 0.1) is 0 Å². The van der Waals surface area contributed by atoms with E-state index < -0.39 is 0 Å². The summed E-state index contributed by atoms with van der Waals surface area (Å²) >= 11 is 0. The lowest BCUT2D eigenvalue weighted by atomic mass is 9.99. The monoisotopic (exact) mass is 756 g/mol. The van der Waals surface area contributed by atoms with E-state index in [0.29, 0.717) is 5.82 Å². The highest BCUT2D eigenvalue weighted by Crippen LogP contribution is 2.42. The summed E-state index contributed by atoms with van der Waals surface area (Å²) in [5, 5.41) is 3.39. The molecule has 0 saturated carbocycles. The fraction of sp³-hybridized carbons (Fsp3) is 0.0364. The average molecular weight is 757 g/mol. The lowest BCUT2D eigenvalue weighted by Crippen LogP contribution is -1.97. The molecule has 3 heterocycles. The van der Waals surface area contributed by atoms with E-state index in [9.17, 15) is 0 Å². The van der Waals surface area contributed by atoms with Crippen LogP contribution in [-0.4, -0.2) is 19.5 Å². The first kappa shape index (κ1) is 35.7. The first-order chi connectivity index (χ1) is 29.2. The summed E-state index contributed by atoms with van der Waals surface area (Å²) in [6, 6.07) is 66.2. The number of nitrogens with zero attached hydrogens (tertiary/aromatic N) is 4. The molecule has 7 aromatic carbocycles. The number of pyridine rings is 1. The van der Waals surface area contributed by atoms with Gasteiger partial charge in [-0.2, -0.15) is 0 Å². The predicted octanol–water partition coefficient (Wildman–Crippen LogP) is 14.4. The fourth-order valence-corrected chi connectivity index (χ4v) is 8.25. The molecule has 0 atom stereocenters. The Morgan fingerprint density at radius 1 is 0.475 bits per heavy atom. The average Bonchev–Trinajstić information content (AvgIpc) is 3.67. The highest BCUT2D eigenvalue weighted by molar-refractivity contribution is 6.22. The molecule has 0 spiro atoms. The first-order valence-corrected chi connectivity index (χ1v) is 20.1. The molecular weight excluding hydrogens is 717 g/mol. The van der Waals surface area contributed by atoms with Gasteiger partial charge in [0.05, 0.1) is 33.6 Å². The van der Waals surface area contributed by atoms with Crippen LogP contribution in [0.5, 0.6) is 0 Å². The van der Waals surface area contributed by atoms with Crippen LogP contribution in [-0.2, 0) is 0 Å². The number of hydrogen-bond donors (Lipinski definition) is 0. The van der Waals surface area contributed by atoms with Crippen molar-refractivity contribution >= 4 is 38.3 Å². The standard InChI is InChI=1S/C55H40N4/c1-3-16-37(4-2)39-27-31-41(32-28-39)49-36-50(42-33-29-40(30-34-42)38-17-7-5-8-18-38)58-55(57-49)44-20-15-19-43(35-44)53-52-47-24-12-14-26-51(47)59(45-21-9-6-10-22-45)54(52)46-23-11-13-25-48(46)56-53/h3-36H,1-2H3/b16-3-,37-4+. The molecule has 0 amide bonds. The van der Waals surface area contributed by atoms with Gasteiger partial charge >= 0.3 is 0 Å². The summed E-state index contributed by atoms with van der Waals surface area (Å²) in [5.41, 5.74) is 15.6. The largest absolute Gasteiger partial charge is 0.308 e. The SMILES string of the molecule is C/C=C\C(=C/C)c1ccc(-c2cc(-c3ccc(-c4ccccc4)cc3)nc(-c3cccc(-c4nc5ccccc5c5c4c4ccccc4n5-c4ccccc4)c3)n2)cc1. The lowest BCUT2D eigenvalue weighted by Gasteiger charge is -2.13. The minimum Gasteiger partial charge on any atom is -0.308 e. The second-order valence-corrected chi connectivity index (χ2v) is 14.7. The minimum atomic E-state index is 0.655. The van der Waals surface area contributed by atoms with E-state index in [-0.39, 0.29) is 0 Å². The molecule has 0 aliphatic rings. The number of hydrogen-bond acceptors (Lipinski definition) is 3. The molecule has 0 aliphatic carbocycles. The van der Waals surface area contributed by atoms with Gasteiger partial charge in [-0.25, -0.2) is 15.0 Å². The zero-order valence-corrected chi connectivity index (χ0v) is 32.9. The van der Waals surface area contributed by atoms with Crippen molar-refractivity contribution in [2.45, 2.75) is 13.8 Å². The van der Waals surface area contributed by atoms with E-state index in [1.807, 2.05) is 13.0 Å². The first-order valence-electron chi connectivity index (χ1n) is 20.1. The summed E-state index contributed by atoms with van der Waals surface area (Å²) in [4.78, 5) is 16.0. The molecule has 4 heteroatoms. The van der Waals surface area contributed by atoms with Gasteiger partial charge in [-0.3, -0.25) is 0 Å².